The van der Waals surface area contributed by atoms with Crippen LogP contribution in [0, 0.1) is 5.82 Å². The maximum atomic E-state index is 13.9. The van der Waals surface area contributed by atoms with E-state index in [0.29, 0.717) is 17.8 Å². The molecule has 6 heteroatoms. The molecule has 0 radical (unpaired) electrons. The van der Waals surface area contributed by atoms with Gasteiger partial charge in [0.2, 0.25) is 0 Å². The van der Waals surface area contributed by atoms with Gasteiger partial charge in [-0.3, -0.25) is 0 Å². The molecular formula is C21H30BFO4. The van der Waals surface area contributed by atoms with Crippen LogP contribution < -0.4 is 10.2 Å². The van der Waals surface area contributed by atoms with Gasteiger partial charge in [-0.25, -0.2) is 4.39 Å². The van der Waals surface area contributed by atoms with E-state index in [9.17, 15) is 4.39 Å². The second kappa shape index (κ2) is 6.75. The van der Waals surface area contributed by atoms with Crippen LogP contribution in [0.1, 0.15) is 66.2 Å². The number of ether oxygens (including phenoxy) is 2. The lowest BCUT2D eigenvalue weighted by Gasteiger charge is -2.32. The van der Waals surface area contributed by atoms with E-state index < -0.39 is 18.3 Å². The highest BCUT2D eigenvalue weighted by atomic mass is 19.1. The van der Waals surface area contributed by atoms with Crippen molar-refractivity contribution in [2.24, 2.45) is 0 Å². The molecule has 148 valence electrons. The second-order valence-electron chi connectivity index (χ2n) is 9.25. The van der Waals surface area contributed by atoms with Gasteiger partial charge in [0, 0.05) is 5.46 Å². The Kier molecular flexibility index (Phi) is 4.80. The van der Waals surface area contributed by atoms with Crippen LogP contribution in [0.25, 0.3) is 0 Å². The van der Waals surface area contributed by atoms with Gasteiger partial charge in [0.1, 0.15) is 18.2 Å². The fraction of sp³-hybridized carbons (Fsp3) is 0.714. The van der Waals surface area contributed by atoms with Crippen molar-refractivity contribution in [2.75, 3.05) is 6.61 Å². The number of hydrogen-bond donors (Lipinski definition) is 0. The fourth-order valence-corrected chi connectivity index (χ4v) is 4.39. The van der Waals surface area contributed by atoms with Crippen LogP contribution in [0.4, 0.5) is 4.39 Å². The molecule has 1 spiro atoms. The van der Waals surface area contributed by atoms with Crippen molar-refractivity contribution >= 4 is 12.6 Å². The quantitative estimate of drug-likeness (QED) is 0.745. The zero-order valence-electron chi connectivity index (χ0n) is 16.8. The molecule has 0 aromatic heterocycles. The number of benzene rings is 1. The largest absolute Gasteiger partial charge is 0.498 e. The summed E-state index contributed by atoms with van der Waals surface area (Å²) < 4.78 is 38.5. The van der Waals surface area contributed by atoms with Crippen LogP contribution in [-0.4, -0.2) is 36.6 Å². The van der Waals surface area contributed by atoms with Gasteiger partial charge in [0.05, 0.1) is 22.9 Å². The third kappa shape index (κ3) is 3.64. The Labute approximate surface area is 161 Å². The molecule has 2 aliphatic heterocycles. The lowest BCUT2D eigenvalue weighted by molar-refractivity contribution is -0.0508. The van der Waals surface area contributed by atoms with Crippen LogP contribution in [0.3, 0.4) is 0 Å². The first-order valence-electron chi connectivity index (χ1n) is 10.2. The van der Waals surface area contributed by atoms with Crippen molar-refractivity contribution in [3.05, 3.63) is 24.0 Å². The van der Waals surface area contributed by atoms with Gasteiger partial charge in [-0.1, -0.05) is 12.8 Å². The average Bonchev–Trinajstić information content (AvgIpc) is 3.27. The van der Waals surface area contributed by atoms with E-state index in [1.54, 1.807) is 6.07 Å². The minimum atomic E-state index is -0.647. The Morgan fingerprint density at radius 1 is 1.07 bits per heavy atom. The third-order valence-corrected chi connectivity index (χ3v) is 6.76. The molecule has 2 heterocycles. The number of halogens is 1. The molecule has 3 fully saturated rings. The van der Waals surface area contributed by atoms with Gasteiger partial charge in [-0.2, -0.15) is 0 Å². The van der Waals surface area contributed by atoms with E-state index >= 15 is 0 Å². The van der Waals surface area contributed by atoms with Crippen molar-refractivity contribution in [2.45, 2.75) is 89.1 Å². The Balaban J connectivity index is 1.46. The Morgan fingerprint density at radius 2 is 1.74 bits per heavy atom. The molecule has 0 bridgehead atoms. The molecule has 1 aliphatic carbocycles. The van der Waals surface area contributed by atoms with E-state index in [1.165, 1.54) is 37.8 Å². The van der Waals surface area contributed by atoms with Crippen LogP contribution in [0.5, 0.6) is 5.75 Å². The van der Waals surface area contributed by atoms with Gasteiger partial charge in [0.15, 0.2) is 0 Å². The predicted molar refractivity (Wildman–Crippen MR) is 103 cm³/mol. The summed E-state index contributed by atoms with van der Waals surface area (Å²) in [6.45, 7) is 8.42. The highest BCUT2D eigenvalue weighted by Gasteiger charge is 2.52. The van der Waals surface area contributed by atoms with Crippen LogP contribution in [0.15, 0.2) is 18.2 Å². The standard InChI is InChI=1S/C21H30BFO4/c1-19(2)20(3,4)27-22(26-19)17-13-15(23)7-8-18(17)24-14-16-9-12-21(25-16)10-5-6-11-21/h7-8,13,16H,5-6,9-12,14H2,1-4H3. The molecule has 2 saturated heterocycles. The van der Waals surface area contributed by atoms with Crippen molar-refractivity contribution in [1.29, 1.82) is 0 Å². The van der Waals surface area contributed by atoms with Crippen LogP contribution in [0.2, 0.25) is 0 Å². The molecule has 1 atom stereocenters. The Bertz CT molecular complexity index is 683. The molecule has 4 nitrogen and oxygen atoms in total. The van der Waals surface area contributed by atoms with Crippen molar-refractivity contribution in [1.82, 2.24) is 0 Å². The van der Waals surface area contributed by atoms with Crippen molar-refractivity contribution in [3.8, 4) is 5.75 Å². The van der Waals surface area contributed by atoms with Gasteiger partial charge in [-0.05, 0) is 71.6 Å². The fourth-order valence-electron chi connectivity index (χ4n) is 4.39. The molecule has 1 saturated carbocycles. The SMILES string of the molecule is CC1(C)OB(c2cc(F)ccc2OCC2CCC3(CCCC3)O2)OC1(C)C. The zero-order valence-corrected chi connectivity index (χ0v) is 16.8. The highest BCUT2D eigenvalue weighted by Crippen LogP contribution is 2.43. The molecule has 27 heavy (non-hydrogen) atoms. The van der Waals surface area contributed by atoms with Crippen molar-refractivity contribution in [3.63, 3.8) is 0 Å². The first-order chi connectivity index (χ1) is 12.7. The summed E-state index contributed by atoms with van der Waals surface area (Å²) >= 11 is 0. The summed E-state index contributed by atoms with van der Waals surface area (Å²) in [5.74, 6) is 0.278. The summed E-state index contributed by atoms with van der Waals surface area (Å²) in [4.78, 5) is 0. The van der Waals surface area contributed by atoms with Crippen LogP contribution >= 0.6 is 0 Å². The summed E-state index contributed by atoms with van der Waals surface area (Å²) in [6.07, 6.45) is 7.09. The third-order valence-electron chi connectivity index (χ3n) is 6.76. The molecule has 3 aliphatic rings. The lowest BCUT2D eigenvalue weighted by Crippen LogP contribution is -2.41. The monoisotopic (exact) mass is 376 g/mol. The Morgan fingerprint density at radius 3 is 2.41 bits per heavy atom. The minimum absolute atomic E-state index is 0.0887. The van der Waals surface area contributed by atoms with Gasteiger partial charge < -0.3 is 18.8 Å². The van der Waals surface area contributed by atoms with E-state index in [4.69, 9.17) is 18.8 Å². The topological polar surface area (TPSA) is 36.9 Å². The smallest absolute Gasteiger partial charge is 0.491 e. The molecule has 1 unspecified atom stereocenters. The van der Waals surface area contributed by atoms with Crippen molar-refractivity contribution < 1.29 is 23.2 Å². The molecular weight excluding hydrogens is 346 g/mol. The molecule has 1 aromatic carbocycles. The normalized spacial score (nSPS) is 28.2. The summed E-state index contributed by atoms with van der Waals surface area (Å²) in [7, 11) is -0.647. The van der Waals surface area contributed by atoms with E-state index in [1.807, 2.05) is 27.7 Å². The predicted octanol–water partition coefficient (Wildman–Crippen LogP) is 4.00. The average molecular weight is 376 g/mol. The lowest BCUT2D eigenvalue weighted by atomic mass is 9.78. The maximum Gasteiger partial charge on any atom is 0.498 e. The van der Waals surface area contributed by atoms with Gasteiger partial charge in [0.25, 0.3) is 0 Å². The van der Waals surface area contributed by atoms with E-state index in [0.717, 1.165) is 12.8 Å². The summed E-state index contributed by atoms with van der Waals surface area (Å²) in [6, 6.07) is 4.53. The molecule has 1 aromatic rings. The first kappa shape index (κ1) is 19.2. The van der Waals surface area contributed by atoms with Gasteiger partial charge in [-0.15, -0.1) is 0 Å². The Hall–Kier alpha value is -1.11. The number of rotatable bonds is 4. The molecule has 0 N–H and O–H groups in total. The van der Waals surface area contributed by atoms with Gasteiger partial charge >= 0.3 is 7.12 Å². The summed E-state index contributed by atoms with van der Waals surface area (Å²) in [5, 5.41) is 0. The first-order valence-corrected chi connectivity index (χ1v) is 10.2. The van der Waals surface area contributed by atoms with E-state index in [2.05, 4.69) is 0 Å². The molecule has 0 amide bonds. The second-order valence-corrected chi connectivity index (χ2v) is 9.25. The van der Waals surface area contributed by atoms with Crippen LogP contribution in [-0.2, 0) is 14.0 Å². The number of hydrogen-bond acceptors (Lipinski definition) is 4. The minimum Gasteiger partial charge on any atom is -0.491 e. The van der Waals surface area contributed by atoms with E-state index in [-0.39, 0.29) is 17.5 Å². The highest BCUT2D eigenvalue weighted by molar-refractivity contribution is 6.63. The maximum absolute atomic E-state index is 13.9. The summed E-state index contributed by atoms with van der Waals surface area (Å²) in [5.41, 5.74) is -0.275. The molecule has 4 rings (SSSR count). The zero-order chi connectivity index (χ0) is 19.3.